The Labute approximate surface area is 134 Å². The normalized spacial score (nSPS) is 12.9. The molecule has 21 heavy (non-hydrogen) atoms. The van der Waals surface area contributed by atoms with Gasteiger partial charge in [0.25, 0.3) is 0 Å². The van der Waals surface area contributed by atoms with Crippen molar-refractivity contribution in [3.63, 3.8) is 0 Å². The molecule has 0 aliphatic heterocycles. The van der Waals surface area contributed by atoms with Crippen LogP contribution in [-0.4, -0.2) is 40.4 Å². The van der Waals surface area contributed by atoms with Gasteiger partial charge in [0, 0.05) is 17.1 Å². The molecule has 0 bridgehead atoms. The SMILES string of the molecule is Cc1cccc(C(O)c2c(Cl)cnn2CCN(C)C)c1Cl. The summed E-state index contributed by atoms with van der Waals surface area (Å²) in [6.07, 6.45) is 0.661. The van der Waals surface area contributed by atoms with Gasteiger partial charge in [-0.3, -0.25) is 4.68 Å². The Morgan fingerprint density at radius 1 is 1.33 bits per heavy atom. The van der Waals surface area contributed by atoms with E-state index in [1.807, 2.05) is 38.1 Å². The fourth-order valence-corrected chi connectivity index (χ4v) is 2.62. The molecule has 1 aromatic heterocycles. The highest BCUT2D eigenvalue weighted by Gasteiger charge is 2.22. The quantitative estimate of drug-likeness (QED) is 0.917. The smallest absolute Gasteiger partial charge is 0.124 e. The maximum atomic E-state index is 10.7. The topological polar surface area (TPSA) is 41.3 Å². The van der Waals surface area contributed by atoms with E-state index >= 15 is 0 Å². The van der Waals surface area contributed by atoms with Crippen molar-refractivity contribution in [2.75, 3.05) is 20.6 Å². The third-order valence-electron chi connectivity index (χ3n) is 3.37. The maximum Gasteiger partial charge on any atom is 0.124 e. The first-order valence-electron chi connectivity index (χ1n) is 6.70. The highest BCUT2D eigenvalue weighted by molar-refractivity contribution is 6.32. The van der Waals surface area contributed by atoms with Gasteiger partial charge in [0.15, 0.2) is 0 Å². The number of hydrogen-bond acceptors (Lipinski definition) is 3. The molecule has 0 amide bonds. The van der Waals surface area contributed by atoms with Gasteiger partial charge in [0.05, 0.1) is 23.5 Å². The number of aromatic nitrogens is 2. The van der Waals surface area contributed by atoms with E-state index in [2.05, 4.69) is 5.10 Å². The molecule has 0 spiro atoms. The first kappa shape index (κ1) is 16.3. The molecular weight excluding hydrogens is 309 g/mol. The van der Waals surface area contributed by atoms with Crippen LogP contribution in [0.1, 0.15) is 22.9 Å². The summed E-state index contributed by atoms with van der Waals surface area (Å²) in [5, 5.41) is 15.9. The maximum absolute atomic E-state index is 10.7. The molecule has 1 aromatic carbocycles. The first-order chi connectivity index (χ1) is 9.91. The molecule has 0 saturated heterocycles. The van der Waals surface area contributed by atoms with Crippen molar-refractivity contribution >= 4 is 23.2 Å². The second-order valence-corrected chi connectivity index (χ2v) is 6.07. The van der Waals surface area contributed by atoms with Gasteiger partial charge in [0.1, 0.15) is 6.10 Å². The Morgan fingerprint density at radius 3 is 2.71 bits per heavy atom. The van der Waals surface area contributed by atoms with E-state index < -0.39 is 6.10 Å². The second-order valence-electron chi connectivity index (χ2n) is 5.28. The van der Waals surface area contributed by atoms with Gasteiger partial charge in [0.2, 0.25) is 0 Å². The Balaban J connectivity index is 2.36. The third-order valence-corrected chi connectivity index (χ3v) is 4.18. The summed E-state index contributed by atoms with van der Waals surface area (Å²) in [5.74, 6) is 0. The Kier molecular flexibility index (Phi) is 5.27. The Bertz CT molecular complexity index is 625. The van der Waals surface area contributed by atoms with Crippen LogP contribution < -0.4 is 0 Å². The number of hydrogen-bond donors (Lipinski definition) is 1. The number of halogens is 2. The Hall–Kier alpha value is -1.07. The number of likely N-dealkylation sites (N-methyl/N-ethyl adjacent to an activating group) is 1. The molecule has 0 fully saturated rings. The van der Waals surface area contributed by atoms with Gasteiger partial charge in [-0.15, -0.1) is 0 Å². The molecule has 4 nitrogen and oxygen atoms in total. The minimum absolute atomic E-state index is 0.443. The minimum atomic E-state index is -0.894. The lowest BCUT2D eigenvalue weighted by atomic mass is 10.0. The van der Waals surface area contributed by atoms with E-state index in [0.717, 1.165) is 12.1 Å². The van der Waals surface area contributed by atoms with Crippen molar-refractivity contribution in [2.45, 2.75) is 19.6 Å². The van der Waals surface area contributed by atoms with Crippen LogP contribution in [0.3, 0.4) is 0 Å². The van der Waals surface area contributed by atoms with Crippen molar-refractivity contribution < 1.29 is 5.11 Å². The zero-order valence-electron chi connectivity index (χ0n) is 12.3. The Morgan fingerprint density at radius 2 is 2.05 bits per heavy atom. The van der Waals surface area contributed by atoms with Crippen LogP contribution in [0.4, 0.5) is 0 Å². The number of benzene rings is 1. The van der Waals surface area contributed by atoms with Crippen LogP contribution in [0.2, 0.25) is 10.0 Å². The van der Waals surface area contributed by atoms with Gasteiger partial charge in [-0.2, -0.15) is 5.10 Å². The fourth-order valence-electron chi connectivity index (χ4n) is 2.15. The van der Waals surface area contributed by atoms with Crippen molar-refractivity contribution in [3.8, 4) is 0 Å². The lowest BCUT2D eigenvalue weighted by molar-refractivity contribution is 0.205. The van der Waals surface area contributed by atoms with Crippen molar-refractivity contribution in [3.05, 3.63) is 51.3 Å². The van der Waals surface area contributed by atoms with E-state index in [1.165, 1.54) is 0 Å². The fraction of sp³-hybridized carbons (Fsp3) is 0.400. The standard InChI is InChI=1S/C15H19Cl2N3O/c1-10-5-4-6-11(13(10)17)15(21)14-12(16)9-18-20(14)8-7-19(2)3/h4-6,9,15,21H,7-8H2,1-3H3. The zero-order chi connectivity index (χ0) is 15.6. The predicted molar refractivity (Wildman–Crippen MR) is 86.0 cm³/mol. The molecule has 0 saturated carbocycles. The number of nitrogens with zero attached hydrogens (tertiary/aromatic N) is 3. The molecule has 0 aliphatic rings. The summed E-state index contributed by atoms with van der Waals surface area (Å²) < 4.78 is 1.73. The number of aryl methyl sites for hydroxylation is 1. The summed E-state index contributed by atoms with van der Waals surface area (Å²) in [7, 11) is 3.97. The molecule has 2 rings (SSSR count). The van der Waals surface area contributed by atoms with E-state index in [-0.39, 0.29) is 0 Å². The van der Waals surface area contributed by atoms with Gasteiger partial charge < -0.3 is 10.0 Å². The van der Waals surface area contributed by atoms with Crippen molar-refractivity contribution in [1.29, 1.82) is 0 Å². The predicted octanol–water partition coefficient (Wildman–Crippen LogP) is 3.14. The van der Waals surface area contributed by atoms with Crippen LogP contribution in [0.5, 0.6) is 0 Å². The molecule has 6 heteroatoms. The average Bonchev–Trinajstić information content (AvgIpc) is 2.80. The number of aliphatic hydroxyl groups is 1. The van der Waals surface area contributed by atoms with E-state index in [4.69, 9.17) is 23.2 Å². The molecule has 0 radical (unpaired) electrons. The van der Waals surface area contributed by atoms with Gasteiger partial charge in [-0.25, -0.2) is 0 Å². The molecule has 114 valence electrons. The van der Waals surface area contributed by atoms with Crippen molar-refractivity contribution in [2.24, 2.45) is 0 Å². The second kappa shape index (κ2) is 6.79. The van der Waals surface area contributed by atoms with E-state index in [1.54, 1.807) is 16.9 Å². The number of aliphatic hydroxyl groups excluding tert-OH is 1. The van der Waals surface area contributed by atoms with E-state index in [0.29, 0.717) is 27.8 Å². The van der Waals surface area contributed by atoms with Crippen LogP contribution >= 0.6 is 23.2 Å². The first-order valence-corrected chi connectivity index (χ1v) is 7.46. The zero-order valence-corrected chi connectivity index (χ0v) is 13.9. The number of rotatable bonds is 5. The largest absolute Gasteiger partial charge is 0.382 e. The van der Waals surface area contributed by atoms with Gasteiger partial charge in [-0.1, -0.05) is 41.4 Å². The molecule has 0 aliphatic carbocycles. The van der Waals surface area contributed by atoms with Crippen LogP contribution in [0.15, 0.2) is 24.4 Å². The highest BCUT2D eigenvalue weighted by Crippen LogP contribution is 2.33. The van der Waals surface area contributed by atoms with Gasteiger partial charge in [-0.05, 0) is 26.6 Å². The van der Waals surface area contributed by atoms with Crippen LogP contribution in [-0.2, 0) is 6.54 Å². The van der Waals surface area contributed by atoms with Crippen molar-refractivity contribution in [1.82, 2.24) is 14.7 Å². The highest BCUT2D eigenvalue weighted by atomic mass is 35.5. The monoisotopic (exact) mass is 327 g/mol. The van der Waals surface area contributed by atoms with Crippen LogP contribution in [0, 0.1) is 6.92 Å². The molecule has 1 unspecified atom stereocenters. The minimum Gasteiger partial charge on any atom is -0.382 e. The summed E-state index contributed by atoms with van der Waals surface area (Å²) in [4.78, 5) is 2.05. The summed E-state index contributed by atoms with van der Waals surface area (Å²) in [5.41, 5.74) is 2.14. The van der Waals surface area contributed by atoms with Gasteiger partial charge >= 0.3 is 0 Å². The lowest BCUT2D eigenvalue weighted by Crippen LogP contribution is -2.21. The summed E-state index contributed by atoms with van der Waals surface area (Å²) >= 11 is 12.5. The molecule has 1 heterocycles. The summed E-state index contributed by atoms with van der Waals surface area (Å²) in [6.45, 7) is 3.36. The molecule has 1 N–H and O–H groups in total. The lowest BCUT2D eigenvalue weighted by Gasteiger charge is -2.18. The third kappa shape index (κ3) is 3.58. The molecular formula is C15H19Cl2N3O. The van der Waals surface area contributed by atoms with Crippen LogP contribution in [0.25, 0.3) is 0 Å². The summed E-state index contributed by atoms with van der Waals surface area (Å²) in [6, 6.07) is 5.58. The average molecular weight is 328 g/mol. The van der Waals surface area contributed by atoms with E-state index in [9.17, 15) is 5.11 Å². The molecule has 2 aromatic rings. The molecule has 1 atom stereocenters.